The molecule has 52 heavy (non-hydrogen) atoms. The Morgan fingerprint density at radius 2 is 0.635 bits per heavy atom. The number of benzene rings is 3. The summed E-state index contributed by atoms with van der Waals surface area (Å²) in [5.41, 5.74) is 20.1. The van der Waals surface area contributed by atoms with E-state index >= 15 is 0 Å². The van der Waals surface area contributed by atoms with Crippen molar-refractivity contribution >= 4 is 57.8 Å². The van der Waals surface area contributed by atoms with E-state index in [-0.39, 0.29) is 5.04 Å². The second-order valence-corrected chi connectivity index (χ2v) is 21.2. The van der Waals surface area contributed by atoms with Gasteiger partial charge in [-0.1, -0.05) is 42.3 Å². The molecule has 0 heterocycles. The van der Waals surface area contributed by atoms with Crippen molar-refractivity contribution in [1.29, 1.82) is 0 Å². The Bertz CT molecular complexity index is 1780. The van der Waals surface area contributed by atoms with Crippen LogP contribution in [0, 0.1) is 41.5 Å². The Kier molecular flexibility index (Phi) is 11.2. The van der Waals surface area contributed by atoms with Crippen molar-refractivity contribution in [2.45, 2.75) is 74.3 Å². The van der Waals surface area contributed by atoms with Crippen LogP contribution in [-0.4, -0.2) is 92.6 Å². The average Bonchev–Trinajstić information content (AvgIpc) is 3.20. The van der Waals surface area contributed by atoms with Crippen LogP contribution >= 0.6 is 0 Å². The Morgan fingerprint density at radius 3 is 0.827 bits per heavy atom. The highest BCUT2D eigenvalue weighted by atomic mass is 28.3. The first kappa shape index (κ1) is 40.9. The fourth-order valence-electron chi connectivity index (χ4n) is 10.2. The Labute approximate surface area is 319 Å². The van der Waals surface area contributed by atoms with E-state index in [1.165, 1.54) is 99.8 Å². The van der Waals surface area contributed by atoms with Crippen LogP contribution in [0.3, 0.4) is 0 Å². The summed E-state index contributed by atoms with van der Waals surface area (Å²) in [4.78, 5) is 14.3. The highest BCUT2D eigenvalue weighted by Crippen LogP contribution is 2.57. The minimum absolute atomic E-state index is 0.335. The molecule has 0 bridgehead atoms. The number of allylic oxidation sites excluding steroid dienone is 4. The third-order valence-electron chi connectivity index (χ3n) is 12.0. The summed E-state index contributed by atoms with van der Waals surface area (Å²) < 4.78 is 0. The quantitative estimate of drug-likeness (QED) is 0.159. The van der Waals surface area contributed by atoms with Gasteiger partial charge in [-0.2, -0.15) is 0 Å². The van der Waals surface area contributed by atoms with Gasteiger partial charge >= 0.3 is 0 Å². The summed E-state index contributed by atoms with van der Waals surface area (Å²) in [6, 6.07) is 7.45. The second kappa shape index (κ2) is 14.2. The lowest BCUT2D eigenvalue weighted by atomic mass is 10.0. The molecule has 1 atom stereocenters. The van der Waals surface area contributed by atoms with Crippen LogP contribution in [-0.2, 0) is 0 Å². The zero-order valence-corrected chi connectivity index (χ0v) is 38.0. The highest BCUT2D eigenvalue weighted by molar-refractivity contribution is 7.17. The number of nitrogens with zero attached hydrogens (tertiary/aromatic N) is 6. The third-order valence-corrected chi connectivity index (χ3v) is 18.2. The molecule has 1 aliphatic rings. The van der Waals surface area contributed by atoms with E-state index in [4.69, 9.17) is 0 Å². The fraction of sp³-hybridized carbons (Fsp3) is 0.511. The summed E-state index contributed by atoms with van der Waals surface area (Å²) in [6.45, 7) is 23.8. The summed E-state index contributed by atoms with van der Waals surface area (Å²) in [6.07, 6.45) is 2.68. The van der Waals surface area contributed by atoms with Crippen LogP contribution in [0.15, 0.2) is 41.0 Å². The topological polar surface area (TPSA) is 19.4 Å². The van der Waals surface area contributed by atoms with Crippen LogP contribution in [0.5, 0.6) is 0 Å². The second-order valence-electron chi connectivity index (χ2n) is 17.1. The molecule has 4 rings (SSSR count). The van der Waals surface area contributed by atoms with Gasteiger partial charge in [0.1, 0.15) is 0 Å². The lowest BCUT2D eigenvalue weighted by molar-refractivity contribution is 0.867. The molecule has 0 radical (unpaired) electrons. The molecule has 0 saturated heterocycles. The molecule has 284 valence electrons. The van der Waals surface area contributed by atoms with Crippen LogP contribution in [0.2, 0.25) is 5.04 Å². The molecule has 3 aromatic carbocycles. The van der Waals surface area contributed by atoms with E-state index in [1.807, 2.05) is 0 Å². The van der Waals surface area contributed by atoms with E-state index in [1.54, 1.807) is 0 Å². The summed E-state index contributed by atoms with van der Waals surface area (Å²) in [5, 5.41) is 4.14. The molecule has 3 aromatic rings. The molecule has 0 spiro atoms. The molecule has 7 heteroatoms. The zero-order chi connectivity index (χ0) is 39.7. The molecule has 1 unspecified atom stereocenters. The minimum Gasteiger partial charge on any atom is -0.376 e. The molecule has 6 nitrogen and oxygen atoms in total. The maximum atomic E-state index is 2.68. The maximum absolute atomic E-state index is 3.36. The molecule has 0 amide bonds. The van der Waals surface area contributed by atoms with Crippen molar-refractivity contribution in [3.05, 3.63) is 74.4 Å². The van der Waals surface area contributed by atoms with Gasteiger partial charge in [-0.15, -0.1) is 0 Å². The number of rotatable bonds is 10. The normalized spacial score (nSPS) is 16.0. The molecule has 0 aromatic heterocycles. The third kappa shape index (κ3) is 5.91. The lowest BCUT2D eigenvalue weighted by Gasteiger charge is -2.53. The van der Waals surface area contributed by atoms with Gasteiger partial charge in [-0.3, -0.25) is 0 Å². The molecule has 1 aliphatic carbocycles. The number of anilines is 6. The van der Waals surface area contributed by atoms with Crippen molar-refractivity contribution in [3.63, 3.8) is 0 Å². The first-order chi connectivity index (χ1) is 23.9. The smallest absolute Gasteiger partial charge is 0.170 e. The Balaban J connectivity index is 2.75. The van der Waals surface area contributed by atoms with Gasteiger partial charge in [0.05, 0.1) is 34.1 Å². The standard InChI is InChI=1S/C45H70N6Si/c1-27-23-30(4)42(39(49(17)18)36(27)46(11)12)52(45(10)26-33(7)34(8)35(45)9,43-31(5)24-28(2)37(47(13)14)40(43)50(19)20)44-32(6)25-29(3)38(48(15)16)41(44)51(21)22/h23-26H,1-22H3. The highest BCUT2D eigenvalue weighted by Gasteiger charge is 2.61. The number of aryl methyl sites for hydroxylation is 6. The summed E-state index contributed by atoms with van der Waals surface area (Å²) in [5.74, 6) is 0. The van der Waals surface area contributed by atoms with Crippen molar-refractivity contribution in [1.82, 2.24) is 0 Å². The number of hydrogen-bond acceptors (Lipinski definition) is 6. The predicted octanol–water partition coefficient (Wildman–Crippen LogP) is 7.46. The maximum Gasteiger partial charge on any atom is 0.170 e. The van der Waals surface area contributed by atoms with E-state index in [9.17, 15) is 0 Å². The van der Waals surface area contributed by atoms with Gasteiger partial charge in [0, 0.05) is 89.6 Å². The van der Waals surface area contributed by atoms with Gasteiger partial charge in [-0.05, 0) is 117 Å². The van der Waals surface area contributed by atoms with Crippen molar-refractivity contribution in [2.24, 2.45) is 0 Å². The molecular formula is C45H70N6Si. The first-order valence-corrected chi connectivity index (χ1v) is 20.8. The van der Waals surface area contributed by atoms with Gasteiger partial charge in [-0.25, -0.2) is 0 Å². The summed E-state index contributed by atoms with van der Waals surface area (Å²) >= 11 is 0. The summed E-state index contributed by atoms with van der Waals surface area (Å²) in [7, 11) is 23.5. The van der Waals surface area contributed by atoms with E-state index in [0.29, 0.717) is 0 Å². The molecule has 0 saturated carbocycles. The van der Waals surface area contributed by atoms with Gasteiger partial charge in [0.25, 0.3) is 0 Å². The van der Waals surface area contributed by atoms with Crippen LogP contribution in [0.4, 0.5) is 34.1 Å². The Morgan fingerprint density at radius 1 is 0.385 bits per heavy atom. The number of hydrogen-bond donors (Lipinski definition) is 0. The van der Waals surface area contributed by atoms with Crippen molar-refractivity contribution < 1.29 is 0 Å². The molecular weight excluding hydrogens is 653 g/mol. The van der Waals surface area contributed by atoms with Crippen molar-refractivity contribution in [2.75, 3.05) is 114 Å². The fourth-order valence-corrected chi connectivity index (χ4v) is 17.7. The van der Waals surface area contributed by atoms with Crippen LogP contribution in [0.25, 0.3) is 0 Å². The van der Waals surface area contributed by atoms with E-state index < -0.39 is 8.07 Å². The molecule has 0 aliphatic heterocycles. The van der Waals surface area contributed by atoms with Gasteiger partial charge in [0.2, 0.25) is 0 Å². The SMILES string of the molecule is CC1=CC(C)([Si](c2c(C)cc(C)c(N(C)C)c2N(C)C)(c2c(C)cc(C)c(N(C)C)c2N(C)C)c2c(C)cc(C)c(N(C)C)c2N(C)C)C(C)=C1C. The Hall–Kier alpha value is -3.84. The molecule has 0 N–H and O–H groups in total. The van der Waals surface area contributed by atoms with Crippen LogP contribution in [0.1, 0.15) is 61.1 Å². The average molecular weight is 723 g/mol. The lowest BCUT2D eigenvalue weighted by Crippen LogP contribution is -2.76. The largest absolute Gasteiger partial charge is 0.376 e. The first-order valence-electron chi connectivity index (χ1n) is 18.8. The van der Waals surface area contributed by atoms with Gasteiger partial charge < -0.3 is 29.4 Å². The van der Waals surface area contributed by atoms with Crippen LogP contribution < -0.4 is 45.0 Å². The van der Waals surface area contributed by atoms with Crippen molar-refractivity contribution in [3.8, 4) is 0 Å². The minimum atomic E-state index is -3.36. The monoisotopic (exact) mass is 723 g/mol. The predicted molar refractivity (Wildman–Crippen MR) is 239 cm³/mol. The van der Waals surface area contributed by atoms with Gasteiger partial charge in [0.15, 0.2) is 8.07 Å². The van der Waals surface area contributed by atoms with E-state index in [2.05, 4.69) is 207 Å². The molecule has 0 fully saturated rings. The van der Waals surface area contributed by atoms with E-state index in [0.717, 1.165) is 0 Å². The zero-order valence-electron chi connectivity index (χ0n) is 37.0.